The van der Waals surface area contributed by atoms with E-state index in [1.165, 1.54) is 22.0 Å². The molecule has 0 N–H and O–H groups in total. The third kappa shape index (κ3) is 6.29. The molecule has 0 spiro atoms. The Morgan fingerprint density at radius 2 is 1.57 bits per heavy atom. The predicted molar refractivity (Wildman–Crippen MR) is 162 cm³/mol. The Kier molecular flexibility index (Phi) is 8.98. The van der Waals surface area contributed by atoms with Crippen LogP contribution in [0.25, 0.3) is 0 Å². The Morgan fingerprint density at radius 3 is 2.27 bits per heavy atom. The highest BCUT2D eigenvalue weighted by molar-refractivity contribution is 7.89. The lowest BCUT2D eigenvalue weighted by atomic mass is 9.91. The van der Waals surface area contributed by atoms with Crippen molar-refractivity contribution in [1.29, 1.82) is 0 Å². The highest BCUT2D eigenvalue weighted by atomic mass is 35.5. The molecule has 3 aromatic rings. The summed E-state index contributed by atoms with van der Waals surface area (Å²) in [4.78, 5) is 17.4. The largest absolute Gasteiger partial charge is 0.366 e. The molecule has 1 unspecified atom stereocenters. The number of piperazine rings is 1. The van der Waals surface area contributed by atoms with Crippen molar-refractivity contribution in [3.05, 3.63) is 92.9 Å². The number of amides is 1. The van der Waals surface area contributed by atoms with Crippen LogP contribution < -0.4 is 4.90 Å². The van der Waals surface area contributed by atoms with Gasteiger partial charge in [-0.05, 0) is 74.1 Å². The van der Waals surface area contributed by atoms with E-state index in [4.69, 9.17) is 34.8 Å². The van der Waals surface area contributed by atoms with Crippen molar-refractivity contribution in [3.63, 3.8) is 0 Å². The highest BCUT2D eigenvalue weighted by Gasteiger charge is 2.33. The summed E-state index contributed by atoms with van der Waals surface area (Å²) in [5.41, 5.74) is 2.41. The van der Waals surface area contributed by atoms with Gasteiger partial charge in [0.1, 0.15) is 4.90 Å². The maximum Gasteiger partial charge on any atom is 0.254 e. The quantitative estimate of drug-likeness (QED) is 0.310. The summed E-state index contributed by atoms with van der Waals surface area (Å²) in [6.45, 7) is 4.44. The van der Waals surface area contributed by atoms with E-state index in [9.17, 15) is 13.2 Å². The van der Waals surface area contributed by atoms with Crippen LogP contribution in [0.2, 0.25) is 15.1 Å². The Balaban J connectivity index is 1.27. The van der Waals surface area contributed by atoms with Gasteiger partial charge in [-0.25, -0.2) is 8.42 Å². The Bertz CT molecular complexity index is 1480. The first-order valence-corrected chi connectivity index (χ1v) is 16.1. The van der Waals surface area contributed by atoms with E-state index in [0.717, 1.165) is 24.9 Å². The monoisotopic (exact) mass is 619 g/mol. The highest BCUT2D eigenvalue weighted by Crippen LogP contribution is 2.33. The molecule has 2 aliphatic heterocycles. The lowest BCUT2D eigenvalue weighted by molar-refractivity contribution is 0.0674. The average Bonchev–Trinajstić information content (AvgIpc) is 2.95. The first kappa shape index (κ1) is 29.2. The van der Waals surface area contributed by atoms with Gasteiger partial charge in [0.2, 0.25) is 10.0 Å². The fraction of sp³-hybridized carbons (Fsp3) is 0.367. The van der Waals surface area contributed by atoms with Gasteiger partial charge < -0.3 is 9.80 Å². The number of nitrogens with zero attached hydrogens (tertiary/aromatic N) is 3. The van der Waals surface area contributed by atoms with Gasteiger partial charge in [0.05, 0.1) is 15.7 Å². The number of piperidine rings is 1. The molecule has 2 saturated heterocycles. The van der Waals surface area contributed by atoms with E-state index < -0.39 is 10.0 Å². The first-order chi connectivity index (χ1) is 19.1. The molecular formula is C30H32Cl3N3O3S. The van der Waals surface area contributed by atoms with Crippen LogP contribution in [0.3, 0.4) is 0 Å². The zero-order chi connectivity index (χ0) is 28.4. The van der Waals surface area contributed by atoms with Crippen LogP contribution in [0.15, 0.2) is 71.6 Å². The molecule has 40 heavy (non-hydrogen) atoms. The second kappa shape index (κ2) is 12.3. The number of anilines is 1. The number of hydrogen-bond donors (Lipinski definition) is 0. The second-order valence-electron chi connectivity index (χ2n) is 10.6. The fourth-order valence-corrected chi connectivity index (χ4v) is 8.02. The third-order valence-electron chi connectivity index (χ3n) is 7.87. The molecule has 2 heterocycles. The number of halogens is 3. The van der Waals surface area contributed by atoms with Crippen molar-refractivity contribution in [1.82, 2.24) is 9.21 Å². The minimum Gasteiger partial charge on any atom is -0.366 e. The van der Waals surface area contributed by atoms with Gasteiger partial charge in [0.25, 0.3) is 5.91 Å². The summed E-state index contributed by atoms with van der Waals surface area (Å²) in [7, 11) is -3.85. The van der Waals surface area contributed by atoms with Gasteiger partial charge in [0, 0.05) is 49.4 Å². The summed E-state index contributed by atoms with van der Waals surface area (Å²) in [6, 6.07) is 20.0. The molecular weight excluding hydrogens is 589 g/mol. The summed E-state index contributed by atoms with van der Waals surface area (Å²) in [5.74, 6) is 0.207. The minimum atomic E-state index is -3.85. The number of carbonyl (C=O) groups excluding carboxylic acids is 1. The molecule has 0 bridgehead atoms. The topological polar surface area (TPSA) is 60.9 Å². The maximum atomic E-state index is 13.6. The van der Waals surface area contributed by atoms with Crippen LogP contribution in [-0.4, -0.2) is 62.3 Å². The molecule has 2 aliphatic rings. The summed E-state index contributed by atoms with van der Waals surface area (Å²) in [6.07, 6.45) is 2.50. The molecule has 0 saturated carbocycles. The van der Waals surface area contributed by atoms with Crippen molar-refractivity contribution in [3.8, 4) is 0 Å². The minimum absolute atomic E-state index is 0.0153. The SMILES string of the molecule is CC1CN(c2cc(Cl)ccc2Cl)CCN1C(=O)c1ccc(Cl)c(S(=O)(=O)N2CCC(Cc3ccccc3)CC2)c1. The second-order valence-corrected chi connectivity index (χ2v) is 13.7. The smallest absolute Gasteiger partial charge is 0.254 e. The van der Waals surface area contributed by atoms with Crippen LogP contribution >= 0.6 is 34.8 Å². The van der Waals surface area contributed by atoms with Crippen molar-refractivity contribution in [2.24, 2.45) is 5.92 Å². The van der Waals surface area contributed by atoms with Crippen LogP contribution in [0.1, 0.15) is 35.7 Å². The molecule has 2 fully saturated rings. The molecule has 0 radical (unpaired) electrons. The normalized spacial score (nSPS) is 19.1. The van der Waals surface area contributed by atoms with Gasteiger partial charge in [-0.15, -0.1) is 0 Å². The summed E-state index contributed by atoms with van der Waals surface area (Å²) >= 11 is 19.0. The van der Waals surface area contributed by atoms with Gasteiger partial charge in [-0.1, -0.05) is 65.1 Å². The van der Waals surface area contributed by atoms with Crippen molar-refractivity contribution < 1.29 is 13.2 Å². The number of benzene rings is 3. The molecule has 5 rings (SSSR count). The zero-order valence-electron chi connectivity index (χ0n) is 22.3. The third-order valence-corrected chi connectivity index (χ3v) is 10.8. The van der Waals surface area contributed by atoms with E-state index in [-0.39, 0.29) is 21.9 Å². The number of rotatable bonds is 6. The number of hydrogen-bond acceptors (Lipinski definition) is 4. The maximum absolute atomic E-state index is 13.6. The lowest BCUT2D eigenvalue weighted by Crippen LogP contribution is -2.54. The molecule has 212 valence electrons. The van der Waals surface area contributed by atoms with Crippen molar-refractivity contribution >= 4 is 56.4 Å². The Labute approximate surface area is 251 Å². The van der Waals surface area contributed by atoms with Crippen LogP contribution in [-0.2, 0) is 16.4 Å². The van der Waals surface area contributed by atoms with E-state index in [1.54, 1.807) is 23.1 Å². The fourth-order valence-electron chi connectivity index (χ4n) is 5.65. The van der Waals surface area contributed by atoms with Crippen molar-refractivity contribution in [2.75, 3.05) is 37.6 Å². The standard InChI is InChI=1S/C30H32Cl3N3O3S/c1-21-20-34(28-19-25(31)8-10-26(28)32)15-16-36(21)30(37)24-7-9-27(33)29(18-24)40(38,39)35-13-11-23(12-14-35)17-22-5-3-2-4-6-22/h2-10,18-19,21,23H,11-17,20H2,1H3. The van der Waals surface area contributed by atoms with Crippen LogP contribution in [0, 0.1) is 5.92 Å². The molecule has 1 amide bonds. The molecule has 10 heteroatoms. The molecule has 3 aromatic carbocycles. The Morgan fingerprint density at radius 1 is 0.875 bits per heavy atom. The summed E-state index contributed by atoms with van der Waals surface area (Å²) < 4.78 is 28.8. The Hall–Kier alpha value is -2.29. The van der Waals surface area contributed by atoms with Gasteiger partial charge in [0.15, 0.2) is 0 Å². The predicted octanol–water partition coefficient (Wildman–Crippen LogP) is 6.64. The van der Waals surface area contributed by atoms with Gasteiger partial charge in [-0.2, -0.15) is 4.31 Å². The average molecular weight is 621 g/mol. The van der Waals surface area contributed by atoms with Gasteiger partial charge in [-0.3, -0.25) is 4.79 Å². The van der Waals surface area contributed by atoms with Crippen LogP contribution in [0.5, 0.6) is 0 Å². The molecule has 0 aromatic heterocycles. The lowest BCUT2D eigenvalue weighted by Gasteiger charge is -2.41. The number of carbonyl (C=O) groups is 1. The molecule has 1 atom stereocenters. The zero-order valence-corrected chi connectivity index (χ0v) is 25.4. The summed E-state index contributed by atoms with van der Waals surface area (Å²) in [5, 5.41) is 1.32. The van der Waals surface area contributed by atoms with E-state index in [1.807, 2.05) is 31.2 Å². The van der Waals surface area contributed by atoms with Crippen molar-refractivity contribution in [2.45, 2.75) is 37.1 Å². The van der Waals surface area contributed by atoms with E-state index in [0.29, 0.717) is 54.3 Å². The molecule has 0 aliphatic carbocycles. The van der Waals surface area contributed by atoms with E-state index >= 15 is 0 Å². The molecule has 6 nitrogen and oxygen atoms in total. The first-order valence-electron chi connectivity index (χ1n) is 13.5. The van der Waals surface area contributed by atoms with E-state index in [2.05, 4.69) is 17.0 Å². The van der Waals surface area contributed by atoms with Gasteiger partial charge >= 0.3 is 0 Å². The van der Waals surface area contributed by atoms with Crippen LogP contribution in [0.4, 0.5) is 5.69 Å². The number of sulfonamides is 1.